The van der Waals surface area contributed by atoms with Crippen molar-refractivity contribution in [3.8, 4) is 34.5 Å². The van der Waals surface area contributed by atoms with Gasteiger partial charge in [-0.15, -0.1) is 0 Å². The molecule has 150 valence electrons. The minimum absolute atomic E-state index is 0.270. The van der Waals surface area contributed by atoms with E-state index >= 15 is 0 Å². The van der Waals surface area contributed by atoms with Gasteiger partial charge in [-0.25, -0.2) is 0 Å². The summed E-state index contributed by atoms with van der Waals surface area (Å²) in [6.45, 7) is 1.13. The van der Waals surface area contributed by atoms with Crippen LogP contribution in [0.1, 0.15) is 15.9 Å². The quantitative estimate of drug-likeness (QED) is 0.778. The molecule has 2 aromatic rings. The van der Waals surface area contributed by atoms with E-state index in [2.05, 4.69) is 5.32 Å². The van der Waals surface area contributed by atoms with Gasteiger partial charge in [0, 0.05) is 12.1 Å². The SMILES string of the molecule is COc1cc(CNC(=O)c2cc(OC)c3c(c2)OCCO3)cc(OC)c1OC. The van der Waals surface area contributed by atoms with E-state index in [9.17, 15) is 4.79 Å². The number of hydrogen-bond donors (Lipinski definition) is 1. The Bertz CT molecular complexity index is 824. The predicted octanol–water partition coefficient (Wildman–Crippen LogP) is 2.42. The summed E-state index contributed by atoms with van der Waals surface area (Å²) in [7, 11) is 6.14. The number of nitrogens with one attached hydrogen (secondary N) is 1. The number of ether oxygens (including phenoxy) is 6. The minimum atomic E-state index is -0.274. The van der Waals surface area contributed by atoms with Crippen LogP contribution in [0.4, 0.5) is 0 Å². The topological polar surface area (TPSA) is 84.5 Å². The molecule has 0 saturated heterocycles. The molecule has 0 saturated carbocycles. The van der Waals surface area contributed by atoms with Gasteiger partial charge in [-0.3, -0.25) is 4.79 Å². The smallest absolute Gasteiger partial charge is 0.251 e. The first-order valence-electron chi connectivity index (χ1n) is 8.66. The van der Waals surface area contributed by atoms with E-state index in [1.165, 1.54) is 14.2 Å². The van der Waals surface area contributed by atoms with E-state index in [0.29, 0.717) is 53.3 Å². The summed E-state index contributed by atoms with van der Waals surface area (Å²) < 4.78 is 32.4. The van der Waals surface area contributed by atoms with Crippen LogP contribution in [0.2, 0.25) is 0 Å². The number of benzene rings is 2. The molecule has 0 aromatic heterocycles. The van der Waals surface area contributed by atoms with Crippen molar-refractivity contribution in [3.05, 3.63) is 35.4 Å². The first-order chi connectivity index (χ1) is 13.6. The van der Waals surface area contributed by atoms with E-state index in [4.69, 9.17) is 28.4 Å². The summed E-state index contributed by atoms with van der Waals surface area (Å²) in [5.41, 5.74) is 1.21. The van der Waals surface area contributed by atoms with Crippen LogP contribution in [0.5, 0.6) is 34.5 Å². The number of amides is 1. The van der Waals surface area contributed by atoms with Gasteiger partial charge < -0.3 is 33.7 Å². The van der Waals surface area contributed by atoms with Crippen molar-refractivity contribution in [2.75, 3.05) is 41.7 Å². The molecule has 0 aliphatic carbocycles. The maximum atomic E-state index is 12.7. The van der Waals surface area contributed by atoms with Gasteiger partial charge in [-0.2, -0.15) is 0 Å². The second-order valence-corrected chi connectivity index (χ2v) is 5.92. The van der Waals surface area contributed by atoms with Gasteiger partial charge in [0.25, 0.3) is 5.91 Å². The zero-order valence-corrected chi connectivity index (χ0v) is 16.3. The van der Waals surface area contributed by atoms with Gasteiger partial charge in [0.15, 0.2) is 23.0 Å². The first kappa shape index (κ1) is 19.5. The van der Waals surface area contributed by atoms with Crippen LogP contribution in [0.25, 0.3) is 0 Å². The van der Waals surface area contributed by atoms with Gasteiger partial charge in [-0.1, -0.05) is 0 Å². The molecule has 0 atom stereocenters. The molecular formula is C20H23NO7. The summed E-state index contributed by atoms with van der Waals surface area (Å²) in [6.07, 6.45) is 0. The third-order valence-electron chi connectivity index (χ3n) is 4.27. The van der Waals surface area contributed by atoms with Crippen molar-refractivity contribution >= 4 is 5.91 Å². The van der Waals surface area contributed by atoms with Crippen LogP contribution in [-0.2, 0) is 6.54 Å². The zero-order chi connectivity index (χ0) is 20.1. The van der Waals surface area contributed by atoms with E-state index in [1.54, 1.807) is 38.5 Å². The molecule has 1 aliphatic heterocycles. The molecule has 1 aliphatic rings. The van der Waals surface area contributed by atoms with Gasteiger partial charge in [0.1, 0.15) is 13.2 Å². The van der Waals surface area contributed by atoms with Crippen molar-refractivity contribution in [2.24, 2.45) is 0 Å². The second-order valence-electron chi connectivity index (χ2n) is 5.92. The van der Waals surface area contributed by atoms with Crippen molar-refractivity contribution in [1.82, 2.24) is 5.32 Å². The highest BCUT2D eigenvalue weighted by Gasteiger charge is 2.21. The predicted molar refractivity (Wildman–Crippen MR) is 101 cm³/mol. The fourth-order valence-corrected chi connectivity index (χ4v) is 2.93. The van der Waals surface area contributed by atoms with Gasteiger partial charge in [0.05, 0.1) is 28.4 Å². The van der Waals surface area contributed by atoms with E-state index in [0.717, 1.165) is 5.56 Å². The lowest BCUT2D eigenvalue weighted by Gasteiger charge is -2.21. The molecule has 0 spiro atoms. The molecule has 0 unspecified atom stereocenters. The minimum Gasteiger partial charge on any atom is -0.493 e. The third kappa shape index (κ3) is 3.85. The van der Waals surface area contributed by atoms with Gasteiger partial charge >= 0.3 is 0 Å². The molecule has 3 rings (SSSR count). The average molecular weight is 389 g/mol. The fraction of sp³-hybridized carbons (Fsp3) is 0.350. The number of methoxy groups -OCH3 is 4. The Balaban J connectivity index is 1.79. The molecule has 1 amide bonds. The Kier molecular flexibility index (Phi) is 5.98. The average Bonchev–Trinajstić information content (AvgIpc) is 2.75. The summed E-state index contributed by atoms with van der Waals surface area (Å²) in [4.78, 5) is 12.7. The Morgan fingerprint density at radius 3 is 2.14 bits per heavy atom. The number of fused-ring (bicyclic) bond motifs is 1. The van der Waals surface area contributed by atoms with Crippen molar-refractivity contribution < 1.29 is 33.2 Å². The van der Waals surface area contributed by atoms with Gasteiger partial charge in [0.2, 0.25) is 11.5 Å². The molecule has 0 bridgehead atoms. The summed E-state index contributed by atoms with van der Waals surface area (Å²) in [5.74, 6) is 2.72. The van der Waals surface area contributed by atoms with Crippen LogP contribution < -0.4 is 33.7 Å². The Morgan fingerprint density at radius 1 is 0.893 bits per heavy atom. The molecule has 0 fully saturated rings. The monoisotopic (exact) mass is 389 g/mol. The first-order valence-corrected chi connectivity index (χ1v) is 8.66. The summed E-state index contributed by atoms with van der Waals surface area (Å²) in [5, 5.41) is 2.87. The molecule has 28 heavy (non-hydrogen) atoms. The number of carbonyl (C=O) groups excluding carboxylic acids is 1. The summed E-state index contributed by atoms with van der Waals surface area (Å²) in [6, 6.07) is 6.83. The highest BCUT2D eigenvalue weighted by Crippen LogP contribution is 2.40. The van der Waals surface area contributed by atoms with Crippen LogP contribution in [0, 0.1) is 0 Å². The zero-order valence-electron chi connectivity index (χ0n) is 16.3. The van der Waals surface area contributed by atoms with Crippen molar-refractivity contribution in [1.29, 1.82) is 0 Å². The Morgan fingerprint density at radius 2 is 1.54 bits per heavy atom. The fourth-order valence-electron chi connectivity index (χ4n) is 2.93. The molecule has 8 nitrogen and oxygen atoms in total. The second kappa shape index (κ2) is 8.60. The molecule has 8 heteroatoms. The molecule has 1 N–H and O–H groups in total. The molecule has 0 radical (unpaired) electrons. The normalized spacial score (nSPS) is 12.1. The highest BCUT2D eigenvalue weighted by molar-refractivity contribution is 5.95. The lowest BCUT2D eigenvalue weighted by Crippen LogP contribution is -2.24. The van der Waals surface area contributed by atoms with Crippen molar-refractivity contribution in [3.63, 3.8) is 0 Å². The maximum absolute atomic E-state index is 12.7. The molecular weight excluding hydrogens is 366 g/mol. The number of hydrogen-bond acceptors (Lipinski definition) is 7. The molecule has 2 aromatic carbocycles. The number of carbonyl (C=O) groups is 1. The van der Waals surface area contributed by atoms with E-state index in [1.807, 2.05) is 0 Å². The third-order valence-corrected chi connectivity index (χ3v) is 4.27. The lowest BCUT2D eigenvalue weighted by atomic mass is 10.1. The largest absolute Gasteiger partial charge is 0.493 e. The van der Waals surface area contributed by atoms with E-state index < -0.39 is 0 Å². The lowest BCUT2D eigenvalue weighted by molar-refractivity contribution is 0.0949. The number of rotatable bonds is 7. The highest BCUT2D eigenvalue weighted by atomic mass is 16.6. The van der Waals surface area contributed by atoms with Gasteiger partial charge in [-0.05, 0) is 29.8 Å². The van der Waals surface area contributed by atoms with Crippen LogP contribution in [0.15, 0.2) is 24.3 Å². The summed E-state index contributed by atoms with van der Waals surface area (Å²) >= 11 is 0. The van der Waals surface area contributed by atoms with Crippen LogP contribution in [-0.4, -0.2) is 47.6 Å². The van der Waals surface area contributed by atoms with Crippen LogP contribution in [0.3, 0.4) is 0 Å². The Hall–Kier alpha value is -3.29. The molecule has 1 heterocycles. The maximum Gasteiger partial charge on any atom is 0.251 e. The van der Waals surface area contributed by atoms with Crippen molar-refractivity contribution in [2.45, 2.75) is 6.54 Å². The van der Waals surface area contributed by atoms with E-state index in [-0.39, 0.29) is 12.5 Å². The standard InChI is InChI=1S/C20H23NO7/c1-23-14-7-12(8-15(24-2)18(14)26-4)11-21-20(22)13-9-16(25-3)19-17(10-13)27-5-6-28-19/h7-10H,5-6,11H2,1-4H3,(H,21,22). The van der Waals surface area contributed by atoms with Crippen LogP contribution >= 0.6 is 0 Å². The Labute approximate surface area is 163 Å².